The molecule has 0 saturated carbocycles. The second kappa shape index (κ2) is 8.16. The van der Waals surface area contributed by atoms with E-state index in [2.05, 4.69) is 10.5 Å². The summed E-state index contributed by atoms with van der Waals surface area (Å²) >= 11 is 5.76. The lowest BCUT2D eigenvalue weighted by Gasteiger charge is -2.12. The van der Waals surface area contributed by atoms with Crippen LogP contribution in [0.3, 0.4) is 0 Å². The molecule has 2 rings (SSSR count). The summed E-state index contributed by atoms with van der Waals surface area (Å²) in [6, 6.07) is 9.31. The van der Waals surface area contributed by atoms with E-state index in [1.807, 2.05) is 0 Å². The molecule has 7 nitrogen and oxygen atoms in total. The summed E-state index contributed by atoms with van der Waals surface area (Å²) in [4.78, 5) is 23.5. The molecule has 0 fully saturated rings. The summed E-state index contributed by atoms with van der Waals surface area (Å²) in [5.74, 6) is -1.31. The number of methoxy groups -OCH3 is 2. The Hall–Kier alpha value is -3.06. The molecule has 0 atom stereocenters. The normalized spacial score (nSPS) is 10.5. The first-order chi connectivity index (χ1) is 12.0. The number of aromatic carboxylic acids is 1. The highest BCUT2D eigenvalue weighted by Crippen LogP contribution is 2.32. The van der Waals surface area contributed by atoms with E-state index in [0.29, 0.717) is 10.6 Å². The van der Waals surface area contributed by atoms with Gasteiger partial charge in [-0.15, -0.1) is 0 Å². The Kier molecular flexibility index (Phi) is 5.97. The van der Waals surface area contributed by atoms with Crippen molar-refractivity contribution in [3.05, 3.63) is 58.1 Å². The van der Waals surface area contributed by atoms with Crippen molar-refractivity contribution < 1.29 is 24.2 Å². The molecule has 25 heavy (non-hydrogen) atoms. The Morgan fingerprint density at radius 3 is 2.36 bits per heavy atom. The zero-order valence-corrected chi connectivity index (χ0v) is 14.2. The number of nitrogens with one attached hydrogen (secondary N) is 1. The summed E-state index contributed by atoms with van der Waals surface area (Å²) < 4.78 is 10.2. The van der Waals surface area contributed by atoms with Crippen molar-refractivity contribution in [1.82, 2.24) is 5.43 Å². The quantitative estimate of drug-likeness (QED) is 0.608. The maximum atomic E-state index is 12.0. The van der Waals surface area contributed by atoms with Gasteiger partial charge in [0.15, 0.2) is 11.5 Å². The average Bonchev–Trinajstić information content (AvgIpc) is 2.61. The molecule has 8 heteroatoms. The van der Waals surface area contributed by atoms with Gasteiger partial charge in [0, 0.05) is 16.1 Å². The topological polar surface area (TPSA) is 97.2 Å². The molecule has 0 saturated heterocycles. The highest BCUT2D eigenvalue weighted by atomic mass is 35.5. The Bertz CT molecular complexity index is 819. The van der Waals surface area contributed by atoms with Crippen molar-refractivity contribution in [3.8, 4) is 11.5 Å². The number of hydrogen-bond donors (Lipinski definition) is 2. The van der Waals surface area contributed by atoms with E-state index in [9.17, 15) is 14.7 Å². The molecule has 0 heterocycles. The highest BCUT2D eigenvalue weighted by molar-refractivity contribution is 6.30. The van der Waals surface area contributed by atoms with Crippen LogP contribution in [0.2, 0.25) is 5.02 Å². The third kappa shape index (κ3) is 4.27. The minimum absolute atomic E-state index is 0.0722. The summed E-state index contributed by atoms with van der Waals surface area (Å²) in [7, 11) is 2.75. The number of carboxylic acids is 1. The number of carboxylic acid groups (broad SMARTS) is 1. The number of nitrogens with zero attached hydrogens (tertiary/aromatic N) is 1. The molecule has 2 aromatic carbocycles. The fourth-order valence-corrected chi connectivity index (χ4v) is 2.22. The van der Waals surface area contributed by atoms with Crippen LogP contribution in [0.4, 0.5) is 0 Å². The molecule has 130 valence electrons. The van der Waals surface area contributed by atoms with Crippen LogP contribution in [-0.2, 0) is 0 Å². The summed E-state index contributed by atoms with van der Waals surface area (Å²) in [5, 5.41) is 13.7. The van der Waals surface area contributed by atoms with Crippen molar-refractivity contribution in [1.29, 1.82) is 0 Å². The number of rotatable bonds is 6. The molecular formula is C17H15ClN2O5. The Labute approximate surface area is 148 Å². The maximum absolute atomic E-state index is 12.0. The lowest BCUT2D eigenvalue weighted by atomic mass is 10.1. The zero-order valence-electron chi connectivity index (χ0n) is 13.4. The minimum atomic E-state index is -1.21. The van der Waals surface area contributed by atoms with E-state index in [1.54, 1.807) is 30.3 Å². The van der Waals surface area contributed by atoms with Crippen molar-refractivity contribution in [2.75, 3.05) is 14.2 Å². The fraction of sp³-hybridized carbons (Fsp3) is 0.118. The number of benzene rings is 2. The second-order valence-corrected chi connectivity index (χ2v) is 5.21. The molecule has 0 spiro atoms. The highest BCUT2D eigenvalue weighted by Gasteiger charge is 2.20. The Morgan fingerprint density at radius 2 is 1.80 bits per heavy atom. The first kappa shape index (κ1) is 18.3. The van der Waals surface area contributed by atoms with Crippen molar-refractivity contribution in [2.45, 2.75) is 0 Å². The molecule has 0 bridgehead atoms. The van der Waals surface area contributed by atoms with Gasteiger partial charge in [0.05, 0.1) is 20.4 Å². The second-order valence-electron chi connectivity index (χ2n) is 4.78. The van der Waals surface area contributed by atoms with E-state index < -0.39 is 11.9 Å². The van der Waals surface area contributed by atoms with Gasteiger partial charge in [0.2, 0.25) is 0 Å². The van der Waals surface area contributed by atoms with Crippen LogP contribution in [0, 0.1) is 0 Å². The number of carbonyl (C=O) groups is 2. The Morgan fingerprint density at radius 1 is 1.12 bits per heavy atom. The van der Waals surface area contributed by atoms with Crippen LogP contribution in [0.5, 0.6) is 11.5 Å². The van der Waals surface area contributed by atoms with Gasteiger partial charge >= 0.3 is 5.97 Å². The van der Waals surface area contributed by atoms with E-state index in [0.717, 1.165) is 0 Å². The minimum Gasteiger partial charge on any atom is -0.493 e. The predicted octanol–water partition coefficient (Wildman–Crippen LogP) is 2.82. The van der Waals surface area contributed by atoms with Crippen molar-refractivity contribution in [3.63, 3.8) is 0 Å². The molecule has 0 aromatic heterocycles. The number of halogens is 1. The van der Waals surface area contributed by atoms with Gasteiger partial charge in [-0.25, -0.2) is 10.2 Å². The number of hydrazone groups is 1. The molecule has 2 aromatic rings. The van der Waals surface area contributed by atoms with Crippen LogP contribution in [0.25, 0.3) is 0 Å². The van der Waals surface area contributed by atoms with Crippen LogP contribution in [0.15, 0.2) is 41.5 Å². The van der Waals surface area contributed by atoms with Gasteiger partial charge in [-0.3, -0.25) is 4.79 Å². The third-order valence-corrected chi connectivity index (χ3v) is 3.52. The maximum Gasteiger partial charge on any atom is 0.340 e. The fourth-order valence-electron chi connectivity index (χ4n) is 2.10. The van der Waals surface area contributed by atoms with Crippen LogP contribution in [0.1, 0.15) is 26.3 Å². The largest absolute Gasteiger partial charge is 0.493 e. The van der Waals surface area contributed by atoms with E-state index in [4.69, 9.17) is 21.1 Å². The SMILES string of the molecule is COc1ccc(/C=N/NC(=O)c2ccc(Cl)cc2)c(C(=O)O)c1OC. The predicted molar refractivity (Wildman–Crippen MR) is 93.0 cm³/mol. The van der Waals surface area contributed by atoms with Gasteiger partial charge < -0.3 is 14.6 Å². The number of hydrogen-bond acceptors (Lipinski definition) is 5. The van der Waals surface area contributed by atoms with Crippen LogP contribution in [-0.4, -0.2) is 37.4 Å². The van der Waals surface area contributed by atoms with E-state index in [1.165, 1.54) is 26.5 Å². The summed E-state index contributed by atoms with van der Waals surface area (Å²) in [6.45, 7) is 0. The van der Waals surface area contributed by atoms with Crippen LogP contribution >= 0.6 is 11.6 Å². The number of ether oxygens (including phenoxy) is 2. The molecular weight excluding hydrogens is 348 g/mol. The lowest BCUT2D eigenvalue weighted by Crippen LogP contribution is -2.17. The zero-order chi connectivity index (χ0) is 18.4. The smallest absolute Gasteiger partial charge is 0.340 e. The first-order valence-corrected chi connectivity index (χ1v) is 7.43. The molecule has 0 aliphatic carbocycles. The van der Waals surface area contributed by atoms with E-state index >= 15 is 0 Å². The van der Waals surface area contributed by atoms with Gasteiger partial charge in [0.25, 0.3) is 5.91 Å². The third-order valence-electron chi connectivity index (χ3n) is 3.27. The first-order valence-electron chi connectivity index (χ1n) is 7.05. The number of carbonyl (C=O) groups excluding carboxylic acids is 1. The van der Waals surface area contributed by atoms with Crippen molar-refractivity contribution >= 4 is 29.7 Å². The molecule has 0 unspecified atom stereocenters. The Balaban J connectivity index is 2.24. The van der Waals surface area contributed by atoms with Gasteiger partial charge in [0.1, 0.15) is 5.56 Å². The molecule has 0 aliphatic rings. The van der Waals surface area contributed by atoms with Gasteiger partial charge in [-0.1, -0.05) is 11.6 Å². The molecule has 0 aliphatic heterocycles. The standard InChI is InChI=1S/C17H15ClN2O5/c1-24-13-8-5-11(14(17(22)23)15(13)25-2)9-19-20-16(21)10-3-6-12(18)7-4-10/h3-9H,1-2H3,(H,20,21)(H,22,23)/b19-9+. The molecule has 2 N–H and O–H groups in total. The molecule has 1 amide bonds. The monoisotopic (exact) mass is 362 g/mol. The molecule has 0 radical (unpaired) electrons. The van der Waals surface area contributed by atoms with Gasteiger partial charge in [-0.05, 0) is 36.4 Å². The lowest BCUT2D eigenvalue weighted by molar-refractivity contribution is 0.0692. The average molecular weight is 363 g/mol. The van der Waals surface area contributed by atoms with Crippen molar-refractivity contribution in [2.24, 2.45) is 5.10 Å². The summed E-state index contributed by atoms with van der Waals surface area (Å²) in [6.07, 6.45) is 1.22. The number of amides is 1. The summed E-state index contributed by atoms with van der Waals surface area (Å²) in [5.41, 5.74) is 2.82. The van der Waals surface area contributed by atoms with Crippen LogP contribution < -0.4 is 14.9 Å². The van der Waals surface area contributed by atoms with Gasteiger partial charge in [-0.2, -0.15) is 5.10 Å². The van der Waals surface area contributed by atoms with E-state index in [-0.39, 0.29) is 22.6 Å².